The summed E-state index contributed by atoms with van der Waals surface area (Å²) in [6.07, 6.45) is 2.39. The number of hydrogen-bond acceptors (Lipinski definition) is 7. The number of halogens is 1. The molecule has 37 heavy (non-hydrogen) atoms. The second-order valence-electron chi connectivity index (χ2n) is 10.0. The SMILES string of the molecule is CCc1nc(C(N)=O)c(Nc2cc(F)cc(CCNC(=O)CN(C(=O)OC)C(C)(C)C)c2)nc1C1CC1. The molecule has 1 aliphatic rings. The first-order valence-electron chi connectivity index (χ1n) is 12.3. The largest absolute Gasteiger partial charge is 0.453 e. The van der Waals surface area contributed by atoms with E-state index in [1.54, 1.807) is 26.8 Å². The summed E-state index contributed by atoms with van der Waals surface area (Å²) in [7, 11) is 1.26. The summed E-state index contributed by atoms with van der Waals surface area (Å²) in [5, 5.41) is 5.76. The van der Waals surface area contributed by atoms with E-state index in [4.69, 9.17) is 10.5 Å². The Hall–Kier alpha value is -3.76. The van der Waals surface area contributed by atoms with E-state index in [1.165, 1.54) is 24.1 Å². The standard InChI is InChI=1S/C26H35FN6O4/c1-6-19-21(16-7-8-16)32-24(22(31-19)23(28)35)30-18-12-15(11-17(27)13-18)9-10-29-20(34)14-33(25(36)37-5)26(2,3)4/h11-13,16H,6-10,14H2,1-5H3,(H2,28,35)(H,29,34)(H,30,32). The molecule has 1 aliphatic carbocycles. The summed E-state index contributed by atoms with van der Waals surface area (Å²) in [5.41, 5.74) is 7.54. The average molecular weight is 515 g/mol. The van der Waals surface area contributed by atoms with Gasteiger partial charge in [-0.15, -0.1) is 0 Å². The molecule has 0 saturated heterocycles. The number of nitrogens with one attached hydrogen (secondary N) is 2. The van der Waals surface area contributed by atoms with Crippen LogP contribution in [0.4, 0.5) is 20.7 Å². The zero-order valence-corrected chi connectivity index (χ0v) is 22.0. The number of hydrogen-bond donors (Lipinski definition) is 3. The first-order valence-corrected chi connectivity index (χ1v) is 12.3. The zero-order valence-electron chi connectivity index (χ0n) is 22.0. The van der Waals surface area contributed by atoms with Crippen LogP contribution in [0.1, 0.15) is 73.9 Å². The second-order valence-corrected chi connectivity index (χ2v) is 10.0. The number of aryl methyl sites for hydroxylation is 1. The van der Waals surface area contributed by atoms with Crippen molar-refractivity contribution in [2.45, 2.75) is 64.8 Å². The van der Waals surface area contributed by atoms with Crippen LogP contribution >= 0.6 is 0 Å². The van der Waals surface area contributed by atoms with Gasteiger partial charge in [-0.3, -0.25) is 14.5 Å². The molecule has 11 heteroatoms. The Labute approximate surface area is 216 Å². The fraction of sp³-hybridized carbons (Fsp3) is 0.500. The normalized spacial score (nSPS) is 13.1. The zero-order chi connectivity index (χ0) is 27.3. The number of ether oxygens (including phenoxy) is 1. The molecule has 1 heterocycles. The predicted octanol–water partition coefficient (Wildman–Crippen LogP) is 3.42. The number of rotatable bonds is 10. The van der Waals surface area contributed by atoms with Gasteiger partial charge in [0.05, 0.1) is 18.5 Å². The molecule has 0 radical (unpaired) electrons. The molecule has 3 amide bonds. The third-order valence-electron chi connectivity index (χ3n) is 5.99. The van der Waals surface area contributed by atoms with Gasteiger partial charge in [0, 0.05) is 23.7 Å². The minimum absolute atomic E-state index is 0.00772. The maximum atomic E-state index is 14.4. The van der Waals surface area contributed by atoms with Gasteiger partial charge in [-0.1, -0.05) is 6.92 Å². The Bertz CT molecular complexity index is 1180. The lowest BCUT2D eigenvalue weighted by Gasteiger charge is -2.33. The Morgan fingerprint density at radius 3 is 2.46 bits per heavy atom. The van der Waals surface area contributed by atoms with E-state index in [0.29, 0.717) is 30.0 Å². The van der Waals surface area contributed by atoms with Crippen molar-refractivity contribution in [1.82, 2.24) is 20.2 Å². The quantitative estimate of drug-likeness (QED) is 0.441. The highest BCUT2D eigenvalue weighted by atomic mass is 19.1. The monoisotopic (exact) mass is 514 g/mol. The van der Waals surface area contributed by atoms with Crippen LogP contribution in [0.2, 0.25) is 0 Å². The van der Waals surface area contributed by atoms with Crippen molar-refractivity contribution < 1.29 is 23.5 Å². The molecule has 0 bridgehead atoms. The number of aromatic nitrogens is 2. The van der Waals surface area contributed by atoms with Crippen molar-refractivity contribution in [1.29, 1.82) is 0 Å². The van der Waals surface area contributed by atoms with Crippen LogP contribution in [0.5, 0.6) is 0 Å². The smallest absolute Gasteiger partial charge is 0.410 e. The number of carbonyl (C=O) groups excluding carboxylic acids is 3. The van der Waals surface area contributed by atoms with Gasteiger partial charge < -0.3 is 21.1 Å². The molecule has 4 N–H and O–H groups in total. The predicted molar refractivity (Wildman–Crippen MR) is 137 cm³/mol. The second kappa shape index (κ2) is 11.5. The molecule has 0 spiro atoms. The van der Waals surface area contributed by atoms with Crippen molar-refractivity contribution in [3.8, 4) is 0 Å². The maximum Gasteiger partial charge on any atom is 0.410 e. The maximum absolute atomic E-state index is 14.4. The Balaban J connectivity index is 1.70. The fourth-order valence-corrected chi connectivity index (χ4v) is 3.92. The molecule has 1 fully saturated rings. The van der Waals surface area contributed by atoms with Crippen molar-refractivity contribution in [3.63, 3.8) is 0 Å². The van der Waals surface area contributed by atoms with E-state index in [1.807, 2.05) is 6.92 Å². The van der Waals surface area contributed by atoms with Crippen molar-refractivity contribution >= 4 is 29.4 Å². The molecule has 0 aliphatic heterocycles. The lowest BCUT2D eigenvalue weighted by Crippen LogP contribution is -2.50. The van der Waals surface area contributed by atoms with Crippen molar-refractivity contribution in [3.05, 3.63) is 46.7 Å². The van der Waals surface area contributed by atoms with E-state index in [9.17, 15) is 18.8 Å². The van der Waals surface area contributed by atoms with E-state index in [-0.39, 0.29) is 30.5 Å². The summed E-state index contributed by atoms with van der Waals surface area (Å²) in [4.78, 5) is 46.9. The number of primary amides is 1. The van der Waals surface area contributed by atoms with Gasteiger partial charge in [-0.25, -0.2) is 19.2 Å². The molecular formula is C26H35FN6O4. The Morgan fingerprint density at radius 1 is 1.19 bits per heavy atom. The van der Waals surface area contributed by atoms with Gasteiger partial charge in [0.2, 0.25) is 5.91 Å². The Kier molecular flexibility index (Phi) is 8.67. The summed E-state index contributed by atoms with van der Waals surface area (Å²) in [6.45, 7) is 7.41. The van der Waals surface area contributed by atoms with E-state index < -0.39 is 23.4 Å². The van der Waals surface area contributed by atoms with Crippen LogP contribution in [0.3, 0.4) is 0 Å². The highest BCUT2D eigenvalue weighted by Crippen LogP contribution is 2.41. The number of benzene rings is 1. The lowest BCUT2D eigenvalue weighted by atomic mass is 10.1. The van der Waals surface area contributed by atoms with Crippen LogP contribution < -0.4 is 16.4 Å². The molecule has 0 unspecified atom stereocenters. The van der Waals surface area contributed by atoms with Crippen LogP contribution in [-0.2, 0) is 22.4 Å². The van der Waals surface area contributed by atoms with Gasteiger partial charge >= 0.3 is 6.09 Å². The number of nitrogens with zero attached hydrogens (tertiary/aromatic N) is 3. The lowest BCUT2D eigenvalue weighted by molar-refractivity contribution is -0.123. The molecule has 1 aromatic heterocycles. The molecule has 1 saturated carbocycles. The first kappa shape index (κ1) is 27.8. The van der Waals surface area contributed by atoms with E-state index in [2.05, 4.69) is 20.6 Å². The summed E-state index contributed by atoms with van der Waals surface area (Å²) in [6, 6.07) is 4.36. The molecule has 0 atom stereocenters. The van der Waals surface area contributed by atoms with Gasteiger partial charge in [-0.05, 0) is 70.2 Å². The molecular weight excluding hydrogens is 479 g/mol. The molecule has 3 rings (SSSR count). The molecule has 200 valence electrons. The number of carbonyl (C=O) groups is 3. The highest BCUT2D eigenvalue weighted by molar-refractivity contribution is 5.96. The van der Waals surface area contributed by atoms with Crippen LogP contribution in [0, 0.1) is 5.82 Å². The number of anilines is 2. The average Bonchev–Trinajstić information content (AvgIpc) is 3.66. The van der Waals surface area contributed by atoms with Crippen molar-refractivity contribution in [2.75, 3.05) is 25.5 Å². The van der Waals surface area contributed by atoms with Crippen LogP contribution in [-0.4, -0.2) is 58.5 Å². The minimum atomic E-state index is -0.720. The van der Waals surface area contributed by atoms with Gasteiger partial charge in [0.25, 0.3) is 5.91 Å². The minimum Gasteiger partial charge on any atom is -0.453 e. The molecule has 10 nitrogen and oxygen atoms in total. The number of methoxy groups -OCH3 is 1. The third kappa shape index (κ3) is 7.37. The topological polar surface area (TPSA) is 140 Å². The highest BCUT2D eigenvalue weighted by Gasteiger charge is 2.30. The number of nitrogens with two attached hydrogens (primary N) is 1. The molecule has 1 aromatic carbocycles. The van der Waals surface area contributed by atoms with Crippen molar-refractivity contribution in [2.24, 2.45) is 5.73 Å². The third-order valence-corrected chi connectivity index (χ3v) is 5.99. The van der Waals surface area contributed by atoms with Gasteiger partial charge in [0.1, 0.15) is 12.4 Å². The summed E-state index contributed by atoms with van der Waals surface area (Å²) in [5.74, 6) is -1.06. The van der Waals surface area contributed by atoms with E-state index >= 15 is 0 Å². The summed E-state index contributed by atoms with van der Waals surface area (Å²) < 4.78 is 19.2. The number of amides is 3. The summed E-state index contributed by atoms with van der Waals surface area (Å²) >= 11 is 0. The van der Waals surface area contributed by atoms with Crippen LogP contribution in [0.25, 0.3) is 0 Å². The van der Waals surface area contributed by atoms with Gasteiger partial charge in [0.15, 0.2) is 11.5 Å². The van der Waals surface area contributed by atoms with Gasteiger partial charge in [-0.2, -0.15) is 0 Å². The Morgan fingerprint density at radius 2 is 1.89 bits per heavy atom. The molecule has 2 aromatic rings. The first-order chi connectivity index (χ1) is 17.4. The van der Waals surface area contributed by atoms with Crippen LogP contribution in [0.15, 0.2) is 18.2 Å². The fourth-order valence-electron chi connectivity index (χ4n) is 3.92. The van der Waals surface area contributed by atoms with E-state index in [0.717, 1.165) is 24.2 Å².